The van der Waals surface area contributed by atoms with E-state index in [1.54, 1.807) is 6.07 Å². The van der Waals surface area contributed by atoms with Crippen molar-refractivity contribution in [2.24, 2.45) is 0 Å². The number of thiophene rings is 1. The quantitative estimate of drug-likeness (QED) is 0.409. The minimum atomic E-state index is -0.288. The van der Waals surface area contributed by atoms with Crippen LogP contribution in [0.25, 0.3) is 32.5 Å². The number of hydrogen-bond acceptors (Lipinski definition) is 7. The molecule has 6 heterocycles. The van der Waals surface area contributed by atoms with E-state index in [1.165, 1.54) is 36.6 Å². The molecule has 0 radical (unpaired) electrons. The first-order chi connectivity index (χ1) is 17.7. The molecule has 2 N–H and O–H groups in total. The first-order valence-corrected chi connectivity index (χ1v) is 13.9. The Balaban J connectivity index is 1.39. The van der Waals surface area contributed by atoms with Crippen LogP contribution in [0.1, 0.15) is 36.6 Å². The summed E-state index contributed by atoms with van der Waals surface area (Å²) in [6.45, 7) is 6.35. The van der Waals surface area contributed by atoms with E-state index in [-0.39, 0.29) is 5.82 Å². The van der Waals surface area contributed by atoms with Gasteiger partial charge in [-0.15, -0.1) is 11.3 Å². The largest absolute Gasteiger partial charge is 0.378 e. The van der Waals surface area contributed by atoms with Crippen molar-refractivity contribution in [1.82, 2.24) is 25.2 Å². The van der Waals surface area contributed by atoms with E-state index in [9.17, 15) is 4.39 Å². The molecule has 3 aliphatic rings. The van der Waals surface area contributed by atoms with Gasteiger partial charge in [-0.2, -0.15) is 0 Å². The van der Waals surface area contributed by atoms with Gasteiger partial charge in [0.05, 0.1) is 29.5 Å². The molecule has 2 unspecified atom stereocenters. The summed E-state index contributed by atoms with van der Waals surface area (Å²) in [6, 6.07) is 8.19. The lowest BCUT2D eigenvalue weighted by Crippen LogP contribution is -2.53. The van der Waals surface area contributed by atoms with Crippen LogP contribution in [0, 0.1) is 5.82 Å². The van der Waals surface area contributed by atoms with Crippen LogP contribution in [0.5, 0.6) is 0 Å². The average Bonchev–Trinajstić information content (AvgIpc) is 3.53. The Morgan fingerprint density at radius 3 is 2.67 bits per heavy atom. The molecule has 0 aliphatic carbocycles. The number of anilines is 1. The number of aromatic nitrogens is 3. The van der Waals surface area contributed by atoms with Crippen molar-refractivity contribution in [3.8, 4) is 11.4 Å². The maximum atomic E-state index is 14.6. The highest BCUT2D eigenvalue weighted by atomic mass is 32.1. The van der Waals surface area contributed by atoms with E-state index < -0.39 is 0 Å². The van der Waals surface area contributed by atoms with Crippen LogP contribution in [-0.4, -0.2) is 71.8 Å². The second-order valence-corrected chi connectivity index (χ2v) is 11.2. The van der Waals surface area contributed by atoms with E-state index in [0.29, 0.717) is 31.1 Å². The molecule has 0 saturated carbocycles. The lowest BCUT2D eigenvalue weighted by atomic mass is 9.94. The molecule has 3 aliphatic heterocycles. The second-order valence-electron chi connectivity index (χ2n) is 10.1. The number of nitrogens with zero attached hydrogens (tertiary/aromatic N) is 4. The smallest absolute Gasteiger partial charge is 0.163 e. The summed E-state index contributed by atoms with van der Waals surface area (Å²) in [5.41, 5.74) is 2.44. The predicted octanol–water partition coefficient (Wildman–Crippen LogP) is 4.70. The molecular formula is C27H31FN6OS. The summed E-state index contributed by atoms with van der Waals surface area (Å²) in [6.07, 6.45) is 6.90. The van der Waals surface area contributed by atoms with Crippen molar-refractivity contribution in [2.75, 3.05) is 50.8 Å². The molecule has 2 atom stereocenters. The van der Waals surface area contributed by atoms with Gasteiger partial charge in [0.2, 0.25) is 0 Å². The van der Waals surface area contributed by atoms with Gasteiger partial charge in [0.25, 0.3) is 0 Å². The van der Waals surface area contributed by atoms with Crippen LogP contribution < -0.4 is 10.2 Å². The molecule has 3 aromatic heterocycles. The van der Waals surface area contributed by atoms with Crippen molar-refractivity contribution in [3.05, 3.63) is 41.2 Å². The number of hydrogen-bond donors (Lipinski definition) is 2. The molecule has 4 aromatic rings. The Labute approximate surface area is 213 Å². The van der Waals surface area contributed by atoms with Crippen molar-refractivity contribution < 1.29 is 9.13 Å². The number of morpholine rings is 1. The maximum Gasteiger partial charge on any atom is 0.163 e. The Kier molecular flexibility index (Phi) is 5.88. The van der Waals surface area contributed by atoms with Crippen LogP contribution >= 0.6 is 11.3 Å². The zero-order valence-corrected chi connectivity index (χ0v) is 21.1. The summed E-state index contributed by atoms with van der Waals surface area (Å²) in [5.74, 6) is 1.24. The molecule has 3 saturated heterocycles. The minimum Gasteiger partial charge on any atom is -0.378 e. The fraction of sp³-hybridized carbons (Fsp3) is 0.481. The van der Waals surface area contributed by atoms with Crippen molar-refractivity contribution >= 4 is 38.3 Å². The van der Waals surface area contributed by atoms with Crippen LogP contribution in [0.4, 0.5) is 10.2 Å². The van der Waals surface area contributed by atoms with Gasteiger partial charge in [-0.3, -0.25) is 4.90 Å². The second kappa shape index (κ2) is 9.37. The Morgan fingerprint density at radius 2 is 1.89 bits per heavy atom. The molecule has 188 valence electrons. The van der Waals surface area contributed by atoms with Crippen LogP contribution in [0.3, 0.4) is 0 Å². The third-order valence-corrected chi connectivity index (χ3v) is 9.07. The number of benzene rings is 1. The number of halogens is 1. The summed E-state index contributed by atoms with van der Waals surface area (Å²) in [4.78, 5) is 19.6. The number of nitrogens with one attached hydrogen (secondary N) is 2. The zero-order valence-electron chi connectivity index (χ0n) is 20.3. The molecule has 7 nitrogen and oxygen atoms in total. The lowest BCUT2D eigenvalue weighted by molar-refractivity contribution is 0.107. The first-order valence-electron chi connectivity index (χ1n) is 13.1. The van der Waals surface area contributed by atoms with E-state index in [0.717, 1.165) is 65.2 Å². The molecular weight excluding hydrogens is 475 g/mol. The topological polar surface area (TPSA) is 69.3 Å². The van der Waals surface area contributed by atoms with Gasteiger partial charge in [0.15, 0.2) is 11.6 Å². The predicted molar refractivity (Wildman–Crippen MR) is 142 cm³/mol. The third kappa shape index (κ3) is 3.98. The van der Waals surface area contributed by atoms with E-state index in [1.807, 2.05) is 23.6 Å². The van der Waals surface area contributed by atoms with Gasteiger partial charge in [-0.25, -0.2) is 14.4 Å². The minimum absolute atomic E-state index is 0.288. The third-order valence-electron chi connectivity index (χ3n) is 7.88. The normalized spacial score (nSPS) is 22.2. The number of rotatable bonds is 5. The summed E-state index contributed by atoms with van der Waals surface area (Å²) < 4.78 is 21.3. The van der Waals surface area contributed by atoms with Crippen LogP contribution in [-0.2, 0) is 4.74 Å². The molecule has 0 bridgehead atoms. The average molecular weight is 507 g/mol. The van der Waals surface area contributed by atoms with Crippen molar-refractivity contribution in [3.63, 3.8) is 0 Å². The summed E-state index contributed by atoms with van der Waals surface area (Å²) >= 11 is 1.84. The van der Waals surface area contributed by atoms with Crippen molar-refractivity contribution in [2.45, 2.75) is 37.8 Å². The Bertz CT molecular complexity index is 1390. The highest BCUT2D eigenvalue weighted by Gasteiger charge is 2.35. The van der Waals surface area contributed by atoms with Crippen LogP contribution in [0.2, 0.25) is 0 Å². The number of aromatic amines is 1. The van der Waals surface area contributed by atoms with Gasteiger partial charge in [0.1, 0.15) is 5.82 Å². The lowest BCUT2D eigenvalue weighted by Gasteiger charge is -2.43. The zero-order chi connectivity index (χ0) is 24.1. The summed E-state index contributed by atoms with van der Waals surface area (Å²) in [7, 11) is 0. The van der Waals surface area contributed by atoms with Gasteiger partial charge >= 0.3 is 0 Å². The first kappa shape index (κ1) is 22.6. The fourth-order valence-electron chi connectivity index (χ4n) is 5.92. The van der Waals surface area contributed by atoms with E-state index >= 15 is 0 Å². The van der Waals surface area contributed by atoms with Gasteiger partial charge < -0.3 is 19.9 Å². The molecule has 0 spiro atoms. The summed E-state index contributed by atoms with van der Waals surface area (Å²) in [5, 5.41) is 4.62. The van der Waals surface area contributed by atoms with Gasteiger partial charge in [-0.1, -0.05) is 6.42 Å². The van der Waals surface area contributed by atoms with E-state index in [2.05, 4.69) is 26.2 Å². The molecule has 0 amide bonds. The highest BCUT2D eigenvalue weighted by Crippen LogP contribution is 2.42. The number of ether oxygens (including phenoxy) is 1. The number of H-pyrrole nitrogens is 1. The van der Waals surface area contributed by atoms with Gasteiger partial charge in [-0.05, 0) is 63.2 Å². The van der Waals surface area contributed by atoms with Crippen molar-refractivity contribution in [1.29, 1.82) is 0 Å². The maximum absolute atomic E-state index is 14.6. The molecule has 9 heteroatoms. The number of likely N-dealkylation sites (tertiary alicyclic amines) is 1. The Hall–Kier alpha value is -2.59. The SMILES string of the molecule is Fc1cc(-c2nc(N3CCOCC3)c3sc(C(C4CCN4)N4CCCCC4)cc3n2)c2cc[nH]c2c1. The van der Waals surface area contributed by atoms with Crippen LogP contribution in [0.15, 0.2) is 30.5 Å². The number of fused-ring (bicyclic) bond motifs is 2. The van der Waals surface area contributed by atoms with Gasteiger partial charge in [0, 0.05) is 46.7 Å². The van der Waals surface area contributed by atoms with E-state index in [4.69, 9.17) is 14.7 Å². The Morgan fingerprint density at radius 1 is 1.06 bits per heavy atom. The molecule has 7 rings (SSSR count). The number of piperidine rings is 1. The fourth-order valence-corrected chi connectivity index (χ4v) is 7.23. The standard InChI is InChI=1S/C27H31FN6OS/c28-17-14-19(18-4-6-30-21(18)15-17)26-31-22-16-23(24(20-5-7-29-20)33-8-2-1-3-9-33)36-25(22)27(32-26)34-10-12-35-13-11-34/h4,6,14-16,20,24,29-30H,1-3,5,7-13H2. The molecule has 36 heavy (non-hydrogen) atoms. The monoisotopic (exact) mass is 506 g/mol. The molecule has 3 fully saturated rings. The highest BCUT2D eigenvalue weighted by molar-refractivity contribution is 7.19. The molecule has 1 aromatic carbocycles.